The summed E-state index contributed by atoms with van der Waals surface area (Å²) in [4.78, 5) is 25.9. The average Bonchev–Trinajstić information content (AvgIpc) is 3.09. The topological polar surface area (TPSA) is 137 Å². The van der Waals surface area contributed by atoms with E-state index in [2.05, 4.69) is 4.90 Å². The Labute approximate surface area is 178 Å². The number of likely N-dealkylation sites (N-methyl/N-ethyl adjacent to an activating group) is 1. The number of aliphatic hydroxyl groups is 3. The maximum atomic E-state index is 12.4. The number of esters is 1. The minimum Gasteiger partial charge on any atom is -0.504 e. The van der Waals surface area contributed by atoms with Gasteiger partial charge in [0.2, 0.25) is 0 Å². The van der Waals surface area contributed by atoms with E-state index in [9.17, 15) is 30.0 Å². The zero-order valence-corrected chi connectivity index (χ0v) is 17.2. The first kappa shape index (κ1) is 20.4. The number of hydrogen-bond donors (Lipinski definition) is 4. The first-order valence-corrected chi connectivity index (χ1v) is 10.3. The van der Waals surface area contributed by atoms with Gasteiger partial charge in [-0.15, -0.1) is 0 Å². The number of rotatable bonds is 4. The molecular formula is C22H25NO8. The molecule has 0 radical (unpaired) electrons. The fourth-order valence-corrected chi connectivity index (χ4v) is 5.97. The highest BCUT2D eigenvalue weighted by Crippen LogP contribution is 2.65. The summed E-state index contributed by atoms with van der Waals surface area (Å²) < 4.78 is 11.5. The largest absolute Gasteiger partial charge is 0.504 e. The number of aromatic hydroxyl groups is 1. The van der Waals surface area contributed by atoms with Crippen LogP contribution in [0.25, 0.3) is 0 Å². The predicted molar refractivity (Wildman–Crippen MR) is 105 cm³/mol. The molecular weight excluding hydrogens is 406 g/mol. The van der Waals surface area contributed by atoms with Crippen molar-refractivity contribution in [2.75, 3.05) is 13.6 Å². The van der Waals surface area contributed by atoms with Crippen LogP contribution in [-0.2, 0) is 26.2 Å². The highest BCUT2D eigenvalue weighted by Gasteiger charge is 2.72. The van der Waals surface area contributed by atoms with Crippen molar-refractivity contribution in [2.45, 2.75) is 61.6 Å². The van der Waals surface area contributed by atoms with E-state index in [1.165, 1.54) is 0 Å². The number of piperidine rings is 1. The van der Waals surface area contributed by atoms with Gasteiger partial charge in [0.05, 0.1) is 11.0 Å². The first-order chi connectivity index (χ1) is 14.6. The smallest absolute Gasteiger partial charge is 0.343 e. The Hall–Kier alpha value is -2.46. The Kier molecular flexibility index (Phi) is 4.30. The lowest BCUT2D eigenvalue weighted by molar-refractivity contribution is -0.175. The van der Waals surface area contributed by atoms with Crippen molar-refractivity contribution in [1.82, 2.24) is 4.90 Å². The van der Waals surface area contributed by atoms with Gasteiger partial charge in [0, 0.05) is 18.0 Å². The van der Waals surface area contributed by atoms with E-state index in [-0.39, 0.29) is 29.7 Å². The number of benzene rings is 1. The zero-order valence-electron chi connectivity index (χ0n) is 17.2. The highest BCUT2D eigenvalue weighted by atomic mass is 16.6. The summed E-state index contributed by atoms with van der Waals surface area (Å²) in [6.45, 7) is 1.73. The lowest BCUT2D eigenvalue weighted by atomic mass is 9.50. The SMILES string of the molecule is CC(=O)[C@H](O)[C@@H](O)C(=O)OC1=CC[C@@]2(O)[C@H]3Cc4ccc(O)c5c4[C@@]2(CCN3C)[C@H]1O5. The van der Waals surface area contributed by atoms with Crippen molar-refractivity contribution in [1.29, 1.82) is 0 Å². The number of nitrogens with zero attached hydrogens (tertiary/aromatic N) is 1. The summed E-state index contributed by atoms with van der Waals surface area (Å²) in [6.07, 6.45) is -1.97. The molecule has 6 atom stereocenters. The number of ether oxygens (including phenoxy) is 2. The van der Waals surface area contributed by atoms with Crippen molar-refractivity contribution < 1.29 is 39.5 Å². The minimum absolute atomic E-state index is 0.0556. The van der Waals surface area contributed by atoms with Gasteiger partial charge >= 0.3 is 5.97 Å². The van der Waals surface area contributed by atoms with E-state index < -0.39 is 41.1 Å². The number of hydrogen-bond acceptors (Lipinski definition) is 9. The van der Waals surface area contributed by atoms with E-state index in [0.717, 1.165) is 18.1 Å². The second-order valence-corrected chi connectivity index (χ2v) is 9.02. The van der Waals surface area contributed by atoms with E-state index in [0.29, 0.717) is 19.4 Å². The molecule has 1 aromatic carbocycles. The molecule has 0 aromatic heterocycles. The van der Waals surface area contributed by atoms with Gasteiger partial charge in [0.15, 0.2) is 29.5 Å². The molecule has 9 heteroatoms. The van der Waals surface area contributed by atoms with Crippen molar-refractivity contribution >= 4 is 11.8 Å². The summed E-state index contributed by atoms with van der Waals surface area (Å²) in [6, 6.07) is 3.21. The Morgan fingerprint density at radius 2 is 2.03 bits per heavy atom. The van der Waals surface area contributed by atoms with Crippen LogP contribution in [0.3, 0.4) is 0 Å². The molecule has 2 heterocycles. The van der Waals surface area contributed by atoms with E-state index in [4.69, 9.17) is 9.47 Å². The lowest BCUT2D eigenvalue weighted by Gasteiger charge is -2.61. The maximum absolute atomic E-state index is 12.4. The van der Waals surface area contributed by atoms with Crippen LogP contribution in [0.2, 0.25) is 0 Å². The van der Waals surface area contributed by atoms with Crippen LogP contribution < -0.4 is 4.74 Å². The normalized spacial score (nSPS) is 34.8. The van der Waals surface area contributed by atoms with E-state index in [1.807, 2.05) is 13.1 Å². The summed E-state index contributed by atoms with van der Waals surface area (Å²) in [5.41, 5.74) is -0.420. The van der Waals surface area contributed by atoms with Crippen LogP contribution in [0.5, 0.6) is 11.5 Å². The average molecular weight is 431 g/mol. The Morgan fingerprint density at radius 3 is 2.74 bits per heavy atom. The predicted octanol–water partition coefficient (Wildman–Crippen LogP) is -0.476. The van der Waals surface area contributed by atoms with Crippen LogP contribution in [0, 0.1) is 0 Å². The van der Waals surface area contributed by atoms with Crippen molar-refractivity contribution in [3.05, 3.63) is 35.1 Å². The number of aliphatic hydroxyl groups excluding tert-OH is 2. The molecule has 4 aliphatic rings. The quantitative estimate of drug-likeness (QED) is 0.466. The molecule has 1 spiro atoms. The van der Waals surface area contributed by atoms with Gasteiger partial charge in [-0.1, -0.05) is 6.07 Å². The molecule has 0 amide bonds. The molecule has 1 saturated heterocycles. The van der Waals surface area contributed by atoms with E-state index >= 15 is 0 Å². The third-order valence-electron chi connectivity index (χ3n) is 7.53. The van der Waals surface area contributed by atoms with Crippen LogP contribution in [0.4, 0.5) is 0 Å². The fraction of sp³-hybridized carbons (Fsp3) is 0.545. The standard InChI is InChI=1S/C22H25NO8/c1-10(24)16(26)17(27)20(28)30-13-5-6-22(29)14-9-11-3-4-12(25)18-15(11)21(22,19(13)31-18)7-8-23(14)2/h3-5,14,16-17,19,25-27,29H,6-9H2,1-2H3/t14-,16+,17-,19+,21+,22-/m1/s1. The molecule has 4 N–H and O–H groups in total. The van der Waals surface area contributed by atoms with Crippen molar-refractivity contribution in [3.8, 4) is 11.5 Å². The molecule has 5 rings (SSSR count). The highest BCUT2D eigenvalue weighted by molar-refractivity contribution is 5.88. The van der Waals surface area contributed by atoms with Gasteiger partial charge in [0.1, 0.15) is 11.9 Å². The summed E-state index contributed by atoms with van der Waals surface area (Å²) in [5, 5.41) is 42.2. The number of phenolic OH excluding ortho intramolecular Hbond substituents is 1. The number of carbonyl (C=O) groups excluding carboxylic acids is 2. The van der Waals surface area contributed by atoms with Gasteiger partial charge in [0.25, 0.3) is 0 Å². The molecule has 2 bridgehead atoms. The van der Waals surface area contributed by atoms with Crippen molar-refractivity contribution in [2.24, 2.45) is 0 Å². The summed E-state index contributed by atoms with van der Waals surface area (Å²) >= 11 is 0. The molecule has 166 valence electrons. The molecule has 0 unspecified atom stereocenters. The third kappa shape index (κ3) is 2.46. The number of Topliss-reactive ketones (excluding diaryl/α,β-unsaturated/α-hetero) is 1. The molecule has 2 aliphatic heterocycles. The fourth-order valence-electron chi connectivity index (χ4n) is 5.97. The molecule has 31 heavy (non-hydrogen) atoms. The lowest BCUT2D eigenvalue weighted by Crippen LogP contribution is -2.74. The van der Waals surface area contributed by atoms with Crippen LogP contribution in [-0.4, -0.2) is 80.6 Å². The van der Waals surface area contributed by atoms with Gasteiger partial charge in [-0.05, 0) is 51.1 Å². The van der Waals surface area contributed by atoms with Crippen LogP contribution in [0.15, 0.2) is 24.0 Å². The molecule has 2 aliphatic carbocycles. The second-order valence-electron chi connectivity index (χ2n) is 9.02. The van der Waals surface area contributed by atoms with Crippen LogP contribution in [0.1, 0.15) is 30.9 Å². The third-order valence-corrected chi connectivity index (χ3v) is 7.53. The number of ketones is 1. The minimum atomic E-state index is -2.04. The summed E-state index contributed by atoms with van der Waals surface area (Å²) in [5.74, 6) is -1.63. The van der Waals surface area contributed by atoms with Crippen LogP contribution >= 0.6 is 0 Å². The molecule has 1 fully saturated rings. The maximum Gasteiger partial charge on any atom is 0.343 e. The molecule has 9 nitrogen and oxygen atoms in total. The van der Waals surface area contributed by atoms with Gasteiger partial charge in [-0.25, -0.2) is 4.79 Å². The number of likely N-dealkylation sites (tertiary alicyclic amines) is 1. The Bertz CT molecular complexity index is 1020. The summed E-state index contributed by atoms with van der Waals surface area (Å²) in [7, 11) is 1.96. The van der Waals surface area contributed by atoms with Gasteiger partial charge < -0.3 is 34.8 Å². The monoisotopic (exact) mass is 431 g/mol. The van der Waals surface area contributed by atoms with E-state index in [1.54, 1.807) is 12.1 Å². The Morgan fingerprint density at radius 1 is 1.29 bits per heavy atom. The zero-order chi connectivity index (χ0) is 22.3. The molecule has 1 aromatic rings. The molecule has 0 saturated carbocycles. The Balaban J connectivity index is 1.59. The number of carbonyl (C=O) groups is 2. The number of phenols is 1. The van der Waals surface area contributed by atoms with Gasteiger partial charge in [-0.2, -0.15) is 0 Å². The van der Waals surface area contributed by atoms with Crippen molar-refractivity contribution in [3.63, 3.8) is 0 Å². The second kappa shape index (κ2) is 6.52. The van der Waals surface area contributed by atoms with Gasteiger partial charge in [-0.3, -0.25) is 4.79 Å². The first-order valence-electron chi connectivity index (χ1n) is 10.3.